The molecule has 2 N–H and O–H groups in total. The van der Waals surface area contributed by atoms with Gasteiger partial charge in [-0.15, -0.1) is 0 Å². The fourth-order valence-electron chi connectivity index (χ4n) is 2.41. The van der Waals surface area contributed by atoms with Gasteiger partial charge in [0, 0.05) is 24.4 Å². The predicted octanol–water partition coefficient (Wildman–Crippen LogP) is 5.27. The lowest BCUT2D eigenvalue weighted by Crippen LogP contribution is -2.14. The van der Waals surface area contributed by atoms with Crippen molar-refractivity contribution < 1.29 is 33.0 Å². The summed E-state index contributed by atoms with van der Waals surface area (Å²) in [5.41, 5.74) is 0.258. The first-order chi connectivity index (χ1) is 14.3. The molecule has 0 fully saturated rings. The van der Waals surface area contributed by atoms with Crippen LogP contribution in [0.1, 0.15) is 36.0 Å². The van der Waals surface area contributed by atoms with Gasteiger partial charge in [-0.05, 0) is 37.5 Å². The molecule has 0 aliphatic carbocycles. The molecule has 11 heteroatoms. The molecule has 0 radical (unpaired) electrons. The van der Waals surface area contributed by atoms with Gasteiger partial charge in [-0.1, -0.05) is 23.2 Å². The first kappa shape index (κ1) is 23.6. The van der Waals surface area contributed by atoms with Crippen LogP contribution < -0.4 is 14.8 Å². The second-order valence-electron chi connectivity index (χ2n) is 6.03. The number of carbonyl (C=O) groups excluding carboxylic acids is 1. The Hall–Kier alpha value is -2.65. The Morgan fingerprint density at radius 1 is 1.10 bits per heavy atom. The van der Waals surface area contributed by atoms with Gasteiger partial charge in [0.1, 0.15) is 0 Å². The molecule has 1 heterocycles. The second kappa shape index (κ2) is 11.5. The van der Waals surface area contributed by atoms with Crippen LogP contribution in [-0.4, -0.2) is 35.2 Å². The van der Waals surface area contributed by atoms with Crippen molar-refractivity contribution in [3.05, 3.63) is 46.2 Å². The van der Waals surface area contributed by atoms with Gasteiger partial charge in [-0.3, -0.25) is 14.6 Å². The van der Waals surface area contributed by atoms with Crippen LogP contribution in [0.15, 0.2) is 30.6 Å². The molecule has 0 saturated heterocycles. The molecule has 0 aliphatic rings. The first-order valence-corrected chi connectivity index (χ1v) is 9.57. The van der Waals surface area contributed by atoms with E-state index in [1.807, 2.05) is 0 Å². The number of rotatable bonds is 11. The van der Waals surface area contributed by atoms with Crippen LogP contribution in [0.2, 0.25) is 10.0 Å². The Kier molecular flexibility index (Phi) is 9.07. The number of carbonyl (C=O) groups is 2. The number of hydrogen-bond donors (Lipinski definition) is 2. The lowest BCUT2D eigenvalue weighted by Gasteiger charge is -2.14. The number of pyridine rings is 1. The zero-order chi connectivity index (χ0) is 22.1. The zero-order valence-electron chi connectivity index (χ0n) is 15.5. The lowest BCUT2D eigenvalue weighted by atomic mass is 10.1. The molecule has 1 amide bonds. The summed E-state index contributed by atoms with van der Waals surface area (Å²) in [5.74, 6) is -1.77. The molecule has 30 heavy (non-hydrogen) atoms. The minimum absolute atomic E-state index is 0.0372. The highest BCUT2D eigenvalue weighted by atomic mass is 35.5. The predicted molar refractivity (Wildman–Crippen MR) is 107 cm³/mol. The number of aliphatic carboxylic acids is 1. The molecular weight excluding hydrogens is 445 g/mol. The fourth-order valence-corrected chi connectivity index (χ4v) is 2.87. The Morgan fingerprint density at radius 3 is 2.43 bits per heavy atom. The highest BCUT2D eigenvalue weighted by Gasteiger charge is 2.17. The van der Waals surface area contributed by atoms with Gasteiger partial charge < -0.3 is 19.9 Å². The van der Waals surface area contributed by atoms with E-state index in [0.717, 1.165) is 0 Å². The summed E-state index contributed by atoms with van der Waals surface area (Å²) in [7, 11) is 0. The van der Waals surface area contributed by atoms with Gasteiger partial charge in [0.25, 0.3) is 5.91 Å². The number of benzene rings is 1. The number of amides is 1. The van der Waals surface area contributed by atoms with Crippen molar-refractivity contribution in [2.45, 2.75) is 32.3 Å². The van der Waals surface area contributed by atoms with Gasteiger partial charge in [-0.2, -0.15) is 8.78 Å². The van der Waals surface area contributed by atoms with E-state index in [2.05, 4.69) is 15.0 Å². The number of nitrogens with zero attached hydrogens (tertiary/aromatic N) is 1. The number of alkyl halides is 2. The van der Waals surface area contributed by atoms with E-state index in [1.54, 1.807) is 0 Å². The summed E-state index contributed by atoms with van der Waals surface area (Å²) in [4.78, 5) is 26.8. The number of halogens is 4. The van der Waals surface area contributed by atoms with Crippen molar-refractivity contribution in [3.8, 4) is 11.5 Å². The summed E-state index contributed by atoms with van der Waals surface area (Å²) >= 11 is 12.0. The van der Waals surface area contributed by atoms with E-state index < -0.39 is 18.5 Å². The lowest BCUT2D eigenvalue weighted by molar-refractivity contribution is -0.137. The van der Waals surface area contributed by atoms with Crippen LogP contribution in [0.4, 0.5) is 14.5 Å². The number of ether oxygens (including phenoxy) is 2. The van der Waals surface area contributed by atoms with Crippen molar-refractivity contribution in [2.24, 2.45) is 0 Å². The Morgan fingerprint density at radius 2 is 1.80 bits per heavy atom. The number of carboxylic acid groups (broad SMARTS) is 1. The molecule has 7 nitrogen and oxygen atoms in total. The van der Waals surface area contributed by atoms with Crippen LogP contribution >= 0.6 is 23.2 Å². The quantitative estimate of drug-likeness (QED) is 0.441. The second-order valence-corrected chi connectivity index (χ2v) is 6.84. The maximum Gasteiger partial charge on any atom is 0.387 e. The minimum atomic E-state index is -3.07. The van der Waals surface area contributed by atoms with Crippen LogP contribution in [0, 0.1) is 0 Å². The Balaban J connectivity index is 2.10. The van der Waals surface area contributed by atoms with Crippen LogP contribution in [-0.2, 0) is 4.79 Å². The van der Waals surface area contributed by atoms with Crippen molar-refractivity contribution in [1.82, 2.24) is 4.98 Å². The standard InChI is InChI=1S/C19H18Cl2F2N2O5/c20-12-9-24-10-13(21)17(12)25-18(28)11-5-6-14(30-19(22)23)15(8-11)29-7-3-1-2-4-16(26)27/h5-6,8-10,19H,1-4,7H2,(H,26,27)(H,24,25,28). The van der Waals surface area contributed by atoms with E-state index in [-0.39, 0.29) is 45.8 Å². The first-order valence-electron chi connectivity index (χ1n) is 8.81. The molecule has 2 aromatic rings. The smallest absolute Gasteiger partial charge is 0.387 e. The van der Waals surface area contributed by atoms with Crippen LogP contribution in [0.5, 0.6) is 11.5 Å². The third-order valence-corrected chi connectivity index (χ3v) is 4.38. The molecule has 0 unspecified atom stereocenters. The number of hydrogen-bond acceptors (Lipinski definition) is 5. The molecule has 2 rings (SSSR count). The highest BCUT2D eigenvalue weighted by molar-refractivity contribution is 6.39. The summed E-state index contributed by atoms with van der Waals surface area (Å²) < 4.78 is 35.2. The molecule has 0 atom stereocenters. The number of nitrogens with one attached hydrogen (secondary N) is 1. The van der Waals surface area contributed by atoms with E-state index in [0.29, 0.717) is 19.3 Å². The zero-order valence-corrected chi connectivity index (χ0v) is 17.1. The number of anilines is 1. The van der Waals surface area contributed by atoms with Gasteiger partial charge in [0.15, 0.2) is 11.5 Å². The summed E-state index contributed by atoms with van der Waals surface area (Å²) in [6.07, 6.45) is 4.20. The van der Waals surface area contributed by atoms with Crippen molar-refractivity contribution >= 4 is 40.8 Å². The van der Waals surface area contributed by atoms with Crippen molar-refractivity contribution in [2.75, 3.05) is 11.9 Å². The number of aromatic nitrogens is 1. The minimum Gasteiger partial charge on any atom is -0.490 e. The normalized spacial score (nSPS) is 10.7. The van der Waals surface area contributed by atoms with Gasteiger partial charge in [0.05, 0.1) is 22.3 Å². The average molecular weight is 463 g/mol. The van der Waals surface area contributed by atoms with Crippen LogP contribution in [0.3, 0.4) is 0 Å². The fraction of sp³-hybridized carbons (Fsp3) is 0.316. The monoisotopic (exact) mass is 462 g/mol. The van der Waals surface area contributed by atoms with E-state index in [9.17, 15) is 18.4 Å². The summed E-state index contributed by atoms with van der Waals surface area (Å²) in [5, 5.41) is 11.4. The van der Waals surface area contributed by atoms with Crippen molar-refractivity contribution in [1.29, 1.82) is 0 Å². The van der Waals surface area contributed by atoms with Crippen LogP contribution in [0.25, 0.3) is 0 Å². The third-order valence-electron chi connectivity index (χ3n) is 3.81. The molecule has 0 bridgehead atoms. The topological polar surface area (TPSA) is 97.8 Å². The largest absolute Gasteiger partial charge is 0.490 e. The SMILES string of the molecule is O=C(O)CCCCCOc1cc(C(=O)Nc2c(Cl)cncc2Cl)ccc1OC(F)F. The maximum atomic E-state index is 12.7. The number of unbranched alkanes of at least 4 members (excludes halogenated alkanes) is 2. The Bertz CT molecular complexity index is 879. The molecule has 162 valence electrons. The van der Waals surface area contributed by atoms with E-state index in [1.165, 1.54) is 30.6 Å². The molecule has 1 aromatic heterocycles. The van der Waals surface area contributed by atoms with E-state index in [4.69, 9.17) is 33.0 Å². The number of carboxylic acids is 1. The highest BCUT2D eigenvalue weighted by Crippen LogP contribution is 2.32. The van der Waals surface area contributed by atoms with Gasteiger partial charge >= 0.3 is 12.6 Å². The van der Waals surface area contributed by atoms with E-state index >= 15 is 0 Å². The third kappa shape index (κ3) is 7.31. The molecular formula is C19H18Cl2F2N2O5. The summed E-state index contributed by atoms with van der Waals surface area (Å²) in [6, 6.07) is 3.74. The summed E-state index contributed by atoms with van der Waals surface area (Å²) in [6.45, 7) is -2.94. The molecule has 0 saturated carbocycles. The van der Waals surface area contributed by atoms with Crippen molar-refractivity contribution in [3.63, 3.8) is 0 Å². The van der Waals surface area contributed by atoms with Gasteiger partial charge in [0.2, 0.25) is 0 Å². The molecule has 1 aromatic carbocycles. The Labute approximate surface area is 180 Å². The maximum absolute atomic E-state index is 12.7. The molecule has 0 spiro atoms. The molecule has 0 aliphatic heterocycles. The average Bonchev–Trinajstić information content (AvgIpc) is 2.67. The van der Waals surface area contributed by atoms with Gasteiger partial charge in [-0.25, -0.2) is 0 Å².